The van der Waals surface area contributed by atoms with Crippen molar-refractivity contribution in [2.75, 3.05) is 19.5 Å². The second kappa shape index (κ2) is 8.05. The van der Waals surface area contributed by atoms with Crippen LogP contribution in [-0.2, 0) is 4.79 Å². The third-order valence-corrected chi connectivity index (χ3v) is 6.17. The van der Waals surface area contributed by atoms with E-state index < -0.39 is 11.0 Å². The molecule has 168 valence electrons. The summed E-state index contributed by atoms with van der Waals surface area (Å²) in [6.07, 6.45) is 2.18. The largest absolute Gasteiger partial charge is 0.493 e. The van der Waals surface area contributed by atoms with Gasteiger partial charge < -0.3 is 14.8 Å². The summed E-state index contributed by atoms with van der Waals surface area (Å²) in [4.78, 5) is 29.1. The van der Waals surface area contributed by atoms with Gasteiger partial charge in [0.15, 0.2) is 17.3 Å². The third-order valence-electron chi connectivity index (χ3n) is 6.17. The van der Waals surface area contributed by atoms with Gasteiger partial charge in [0, 0.05) is 23.8 Å². The summed E-state index contributed by atoms with van der Waals surface area (Å²) >= 11 is 0. The van der Waals surface area contributed by atoms with Gasteiger partial charge in [-0.2, -0.15) is 10.1 Å². The van der Waals surface area contributed by atoms with Crippen molar-refractivity contribution in [2.24, 2.45) is 0 Å². The van der Waals surface area contributed by atoms with E-state index >= 15 is 0 Å². The number of nitrogens with one attached hydrogen (secondary N) is 1. The Morgan fingerprint density at radius 3 is 2.67 bits per heavy atom. The van der Waals surface area contributed by atoms with Gasteiger partial charge in [-0.3, -0.25) is 14.9 Å². The maximum Gasteiger partial charge on any atom is 0.275 e. The van der Waals surface area contributed by atoms with Crippen molar-refractivity contribution in [3.8, 4) is 11.5 Å². The first-order valence-corrected chi connectivity index (χ1v) is 10.4. The molecule has 2 atom stereocenters. The van der Waals surface area contributed by atoms with Crippen molar-refractivity contribution in [3.63, 3.8) is 0 Å². The Morgan fingerprint density at radius 2 is 1.91 bits per heavy atom. The molecule has 2 heterocycles. The van der Waals surface area contributed by atoms with Crippen LogP contribution in [0.3, 0.4) is 0 Å². The standard InChI is InChI=1S/C23H21N5O5/c1-32-19-8-7-13(11-20(19)33-2)14-9-16-21(18(29)10-14)22(27-23(26-16)24-12-25-27)15-5-3-4-6-17(15)28(30)31/h3-8,11-12,14,22H,9-10H2,1-2H3,(H,24,25,26)/t14-,22+/m1/s1. The number of hydrogen-bond acceptors (Lipinski definition) is 8. The molecule has 10 nitrogen and oxygen atoms in total. The molecule has 10 heteroatoms. The molecule has 0 fully saturated rings. The number of para-hydroxylation sites is 1. The van der Waals surface area contributed by atoms with Crippen LogP contribution in [0, 0.1) is 10.1 Å². The zero-order chi connectivity index (χ0) is 23.1. The van der Waals surface area contributed by atoms with Crippen molar-refractivity contribution in [1.29, 1.82) is 0 Å². The minimum Gasteiger partial charge on any atom is -0.493 e. The van der Waals surface area contributed by atoms with Crippen molar-refractivity contribution in [3.05, 3.63) is 81.3 Å². The molecule has 0 unspecified atom stereocenters. The second-order valence-corrected chi connectivity index (χ2v) is 7.91. The maximum atomic E-state index is 13.5. The van der Waals surface area contributed by atoms with E-state index in [1.807, 2.05) is 18.2 Å². The Labute approximate surface area is 189 Å². The van der Waals surface area contributed by atoms with E-state index in [1.54, 1.807) is 32.4 Å². The lowest BCUT2D eigenvalue weighted by molar-refractivity contribution is -0.385. The predicted molar refractivity (Wildman–Crippen MR) is 118 cm³/mol. The summed E-state index contributed by atoms with van der Waals surface area (Å²) in [5.41, 5.74) is 2.48. The Kier molecular flexibility index (Phi) is 5.04. The number of Topliss-reactive ketones (excluding diaryl/α,β-unsaturated/α-hetero) is 1. The average Bonchev–Trinajstić information content (AvgIpc) is 3.30. The number of nitro benzene ring substituents is 1. The number of fused-ring (bicyclic) bond motifs is 1. The molecule has 3 aromatic rings. The number of carbonyl (C=O) groups excluding carboxylic acids is 1. The molecule has 0 radical (unpaired) electrons. The lowest BCUT2D eigenvalue weighted by atomic mass is 9.77. The Bertz CT molecular complexity index is 1300. The van der Waals surface area contributed by atoms with E-state index in [0.29, 0.717) is 40.7 Å². The van der Waals surface area contributed by atoms with Crippen LogP contribution in [0.25, 0.3) is 0 Å². The number of methoxy groups -OCH3 is 2. The van der Waals surface area contributed by atoms with Crippen LogP contribution >= 0.6 is 0 Å². The number of benzene rings is 2. The zero-order valence-electron chi connectivity index (χ0n) is 18.0. The van der Waals surface area contributed by atoms with Gasteiger partial charge >= 0.3 is 0 Å². The number of carbonyl (C=O) groups is 1. The number of anilines is 1. The molecule has 1 N–H and O–H groups in total. The number of rotatable bonds is 5. The number of aromatic nitrogens is 3. The van der Waals surface area contributed by atoms with Crippen molar-refractivity contribution >= 4 is 17.4 Å². The second-order valence-electron chi connectivity index (χ2n) is 7.91. The summed E-state index contributed by atoms with van der Waals surface area (Å²) < 4.78 is 12.3. The molecule has 33 heavy (non-hydrogen) atoms. The van der Waals surface area contributed by atoms with Crippen LogP contribution in [0.1, 0.15) is 35.9 Å². The minimum absolute atomic E-state index is 0.0625. The lowest BCUT2D eigenvalue weighted by Gasteiger charge is -2.35. The Hall–Kier alpha value is -4.21. The van der Waals surface area contributed by atoms with E-state index in [1.165, 1.54) is 17.1 Å². The number of ketones is 1. The van der Waals surface area contributed by atoms with E-state index in [2.05, 4.69) is 15.4 Å². The van der Waals surface area contributed by atoms with Gasteiger partial charge in [-0.05, 0) is 36.1 Å². The van der Waals surface area contributed by atoms with Gasteiger partial charge in [0.25, 0.3) is 5.69 Å². The molecule has 0 bridgehead atoms. The molecule has 2 aliphatic rings. The van der Waals surface area contributed by atoms with E-state index in [4.69, 9.17) is 9.47 Å². The van der Waals surface area contributed by atoms with E-state index in [9.17, 15) is 14.9 Å². The predicted octanol–water partition coefficient (Wildman–Crippen LogP) is 3.62. The number of allylic oxidation sites excluding steroid dienone is 2. The minimum atomic E-state index is -0.723. The molecule has 1 aromatic heterocycles. The number of hydrogen-bond donors (Lipinski definition) is 1. The number of nitro groups is 1. The molecule has 1 aliphatic carbocycles. The molecular formula is C23H21N5O5. The quantitative estimate of drug-likeness (QED) is 0.465. The van der Waals surface area contributed by atoms with Crippen molar-refractivity contribution in [2.45, 2.75) is 24.8 Å². The maximum absolute atomic E-state index is 13.5. The van der Waals surface area contributed by atoms with Gasteiger partial charge in [0.05, 0.1) is 24.7 Å². The van der Waals surface area contributed by atoms with Crippen LogP contribution in [0.4, 0.5) is 11.6 Å². The van der Waals surface area contributed by atoms with Gasteiger partial charge in [-0.15, -0.1) is 0 Å². The highest BCUT2D eigenvalue weighted by molar-refractivity contribution is 6.00. The summed E-state index contributed by atoms with van der Waals surface area (Å²) in [6.45, 7) is 0. The van der Waals surface area contributed by atoms with Crippen LogP contribution in [-0.4, -0.2) is 39.7 Å². The highest BCUT2D eigenvalue weighted by atomic mass is 16.6. The fraction of sp³-hybridized carbons (Fsp3) is 0.261. The SMILES string of the molecule is COc1ccc([C@H]2CC(=O)C3=C(C2)Nc2ncnn2[C@H]3c2ccccc2[N+](=O)[O-])cc1OC. The first-order valence-electron chi connectivity index (χ1n) is 10.4. The fourth-order valence-corrected chi connectivity index (χ4v) is 4.67. The summed E-state index contributed by atoms with van der Waals surface area (Å²) in [7, 11) is 3.14. The van der Waals surface area contributed by atoms with Crippen LogP contribution in [0.15, 0.2) is 60.1 Å². The van der Waals surface area contributed by atoms with Gasteiger partial charge in [-0.1, -0.05) is 18.2 Å². The fourth-order valence-electron chi connectivity index (χ4n) is 4.67. The molecular weight excluding hydrogens is 426 g/mol. The van der Waals surface area contributed by atoms with E-state index in [-0.39, 0.29) is 23.8 Å². The molecule has 0 saturated heterocycles. The zero-order valence-corrected chi connectivity index (χ0v) is 18.0. The lowest BCUT2D eigenvalue weighted by Crippen LogP contribution is -2.33. The molecule has 1 aliphatic heterocycles. The smallest absolute Gasteiger partial charge is 0.275 e. The number of ether oxygens (including phenoxy) is 2. The highest BCUT2D eigenvalue weighted by Gasteiger charge is 2.41. The first kappa shape index (κ1) is 20.7. The molecule has 0 saturated carbocycles. The Morgan fingerprint density at radius 1 is 1.12 bits per heavy atom. The third kappa shape index (κ3) is 3.39. The first-order chi connectivity index (χ1) is 16.0. The molecule has 0 spiro atoms. The summed E-state index contributed by atoms with van der Waals surface area (Å²) in [6, 6.07) is 11.3. The van der Waals surface area contributed by atoms with Crippen LogP contribution in [0.5, 0.6) is 11.5 Å². The van der Waals surface area contributed by atoms with Gasteiger partial charge in [0.2, 0.25) is 5.95 Å². The topological polar surface area (TPSA) is 121 Å². The summed E-state index contributed by atoms with van der Waals surface area (Å²) in [5.74, 6) is 1.47. The van der Waals surface area contributed by atoms with Crippen LogP contribution < -0.4 is 14.8 Å². The average molecular weight is 447 g/mol. The van der Waals surface area contributed by atoms with E-state index in [0.717, 1.165) is 5.56 Å². The Balaban J connectivity index is 1.59. The number of nitrogens with zero attached hydrogens (tertiary/aromatic N) is 4. The van der Waals surface area contributed by atoms with Crippen molar-refractivity contribution in [1.82, 2.24) is 14.8 Å². The monoisotopic (exact) mass is 447 g/mol. The molecule has 0 amide bonds. The highest BCUT2D eigenvalue weighted by Crippen LogP contribution is 2.46. The van der Waals surface area contributed by atoms with Gasteiger partial charge in [0.1, 0.15) is 12.4 Å². The van der Waals surface area contributed by atoms with Crippen LogP contribution in [0.2, 0.25) is 0 Å². The molecule has 5 rings (SSSR count). The van der Waals surface area contributed by atoms with Crippen molar-refractivity contribution < 1.29 is 19.2 Å². The van der Waals surface area contributed by atoms with Gasteiger partial charge in [-0.25, -0.2) is 4.68 Å². The summed E-state index contributed by atoms with van der Waals surface area (Å²) in [5, 5.41) is 19.2. The molecule has 2 aromatic carbocycles. The normalized spacial score (nSPS) is 19.4.